The minimum absolute atomic E-state index is 0.134. The van der Waals surface area contributed by atoms with Gasteiger partial charge in [0, 0.05) is 42.5 Å². The van der Waals surface area contributed by atoms with Crippen molar-refractivity contribution in [2.75, 3.05) is 51.3 Å². The number of nitrogens with zero attached hydrogens (tertiary/aromatic N) is 5. The number of amidine groups is 1. The van der Waals surface area contributed by atoms with Crippen LogP contribution >= 0.6 is 23.2 Å². The second-order valence-electron chi connectivity index (χ2n) is 13.9. The molecule has 2 amide bonds. The van der Waals surface area contributed by atoms with Crippen LogP contribution in [-0.2, 0) is 26.3 Å². The van der Waals surface area contributed by atoms with Crippen molar-refractivity contribution >= 4 is 44.9 Å². The number of ether oxygens (including phenoxy) is 1. The maximum atomic E-state index is 15.1. The van der Waals surface area contributed by atoms with E-state index in [2.05, 4.69) is 11.0 Å². The number of nitriles is 1. The lowest BCUT2D eigenvalue weighted by molar-refractivity contribution is 0.0868. The Kier molecular flexibility index (Phi) is 10.9. The predicted octanol–water partition coefficient (Wildman–Crippen LogP) is 7.26. The summed E-state index contributed by atoms with van der Waals surface area (Å²) in [6, 6.07) is 22.9. The zero-order chi connectivity index (χ0) is 36.5. The van der Waals surface area contributed by atoms with Gasteiger partial charge in [-0.3, -0.25) is 14.8 Å². The summed E-state index contributed by atoms with van der Waals surface area (Å²) in [5, 5.41) is 11.1. The number of hydrogen-bond acceptors (Lipinski definition) is 7. The summed E-state index contributed by atoms with van der Waals surface area (Å²) in [5.41, 5.74) is 0.297. The van der Waals surface area contributed by atoms with E-state index in [-0.39, 0.29) is 11.8 Å². The molecule has 2 atom stereocenters. The summed E-state index contributed by atoms with van der Waals surface area (Å²) >= 11 is 12.8. The summed E-state index contributed by atoms with van der Waals surface area (Å²) in [5.74, 6) is 1.11. The van der Waals surface area contributed by atoms with Crippen LogP contribution in [-0.4, -0.2) is 86.3 Å². The lowest BCUT2D eigenvalue weighted by Crippen LogP contribution is -2.60. The van der Waals surface area contributed by atoms with Crippen LogP contribution in [0, 0.1) is 11.3 Å². The largest absolute Gasteiger partial charge is 0.493 e. The van der Waals surface area contributed by atoms with Gasteiger partial charge in [-0.2, -0.15) is 5.26 Å². The molecular weight excluding hydrogens is 693 g/mol. The number of amides is 2. The highest BCUT2D eigenvalue weighted by atomic mass is 35.5. The van der Waals surface area contributed by atoms with E-state index >= 15 is 4.79 Å². The van der Waals surface area contributed by atoms with Gasteiger partial charge < -0.3 is 9.64 Å². The first kappa shape index (κ1) is 37.6. The molecular formula is C38H45Cl2N5O4S. The highest BCUT2D eigenvalue weighted by Crippen LogP contribution is 2.54. The predicted molar refractivity (Wildman–Crippen MR) is 200 cm³/mol. The maximum absolute atomic E-state index is 15.1. The van der Waals surface area contributed by atoms with Gasteiger partial charge >= 0.3 is 6.03 Å². The average molecular weight is 739 g/mol. The number of carbonyl (C=O) groups excluding carboxylic acids is 1. The Labute approximate surface area is 306 Å². The molecule has 0 N–H and O–H groups in total. The molecule has 2 aliphatic heterocycles. The molecule has 12 heteroatoms. The fourth-order valence-corrected chi connectivity index (χ4v) is 7.76. The third kappa shape index (κ3) is 7.38. The molecule has 0 spiro atoms. The van der Waals surface area contributed by atoms with E-state index in [1.165, 1.54) is 6.26 Å². The SMILES string of the molecule is CCOc1cc(C(C)(C)C#N)ccc1C1=N[C@@](C)(c2ccc(Cl)cc2)[C@@](C)(c2ccc(Cl)cc2)N1C(=O)N1CCN(CCCS(C)(=O)=O)CC1. The summed E-state index contributed by atoms with van der Waals surface area (Å²) in [4.78, 5) is 26.5. The number of hydrogen-bond donors (Lipinski definition) is 0. The molecule has 50 heavy (non-hydrogen) atoms. The second-order valence-corrected chi connectivity index (χ2v) is 17.0. The number of rotatable bonds is 10. The van der Waals surface area contributed by atoms with Crippen molar-refractivity contribution in [3.63, 3.8) is 0 Å². The summed E-state index contributed by atoms with van der Waals surface area (Å²) in [7, 11) is -3.04. The average Bonchev–Trinajstić information content (AvgIpc) is 3.32. The fourth-order valence-electron chi connectivity index (χ4n) is 6.86. The van der Waals surface area contributed by atoms with E-state index in [1.807, 2.05) is 106 Å². The minimum atomic E-state index is -3.04. The van der Waals surface area contributed by atoms with E-state index in [0.717, 1.165) is 16.7 Å². The number of piperazine rings is 1. The quantitative estimate of drug-likeness (QED) is 0.217. The van der Waals surface area contributed by atoms with Crippen molar-refractivity contribution in [1.82, 2.24) is 14.7 Å². The number of halogens is 2. The molecule has 9 nitrogen and oxygen atoms in total. The fraction of sp³-hybridized carbons (Fsp3) is 0.447. The van der Waals surface area contributed by atoms with Crippen LogP contribution in [0.3, 0.4) is 0 Å². The highest BCUT2D eigenvalue weighted by molar-refractivity contribution is 7.90. The van der Waals surface area contributed by atoms with Gasteiger partial charge in [0.2, 0.25) is 0 Å². The molecule has 1 saturated heterocycles. The van der Waals surface area contributed by atoms with E-state index in [9.17, 15) is 13.7 Å². The van der Waals surface area contributed by atoms with Crippen LogP contribution in [0.4, 0.5) is 4.79 Å². The molecule has 2 aliphatic rings. The van der Waals surface area contributed by atoms with Crippen LogP contribution in [0.15, 0.2) is 71.7 Å². The number of urea groups is 1. The van der Waals surface area contributed by atoms with Crippen molar-refractivity contribution in [2.45, 2.75) is 57.5 Å². The molecule has 0 unspecified atom stereocenters. The van der Waals surface area contributed by atoms with Crippen LogP contribution in [0.25, 0.3) is 0 Å². The van der Waals surface area contributed by atoms with Crippen LogP contribution in [0.5, 0.6) is 5.75 Å². The minimum Gasteiger partial charge on any atom is -0.493 e. The Balaban J connectivity index is 1.66. The molecule has 2 heterocycles. The van der Waals surface area contributed by atoms with Crippen molar-refractivity contribution < 1.29 is 17.9 Å². The topological polar surface area (TPSA) is 106 Å². The molecule has 0 aliphatic carbocycles. The van der Waals surface area contributed by atoms with E-state index in [1.54, 1.807) is 4.90 Å². The van der Waals surface area contributed by atoms with Crippen LogP contribution in [0.2, 0.25) is 10.0 Å². The van der Waals surface area contributed by atoms with Crippen molar-refractivity contribution in [1.29, 1.82) is 5.26 Å². The first-order valence-electron chi connectivity index (χ1n) is 16.8. The Bertz CT molecular complexity index is 1900. The van der Waals surface area contributed by atoms with Gasteiger partial charge in [-0.1, -0.05) is 53.5 Å². The molecule has 0 aromatic heterocycles. The lowest BCUT2D eigenvalue weighted by atomic mass is 9.71. The normalized spacial score (nSPS) is 21.5. The summed E-state index contributed by atoms with van der Waals surface area (Å²) in [6.45, 7) is 12.9. The van der Waals surface area contributed by atoms with Gasteiger partial charge in [-0.15, -0.1) is 0 Å². The van der Waals surface area contributed by atoms with Crippen molar-refractivity contribution in [3.8, 4) is 11.8 Å². The van der Waals surface area contributed by atoms with Crippen molar-refractivity contribution in [3.05, 3.63) is 99.0 Å². The Morgan fingerprint density at radius 1 is 0.960 bits per heavy atom. The van der Waals surface area contributed by atoms with Gasteiger partial charge in [0.25, 0.3) is 0 Å². The number of carbonyl (C=O) groups is 1. The molecule has 1 fully saturated rings. The van der Waals surface area contributed by atoms with Gasteiger partial charge in [-0.25, -0.2) is 13.2 Å². The smallest absolute Gasteiger partial charge is 0.326 e. The summed E-state index contributed by atoms with van der Waals surface area (Å²) in [6.07, 6.45) is 1.80. The molecule has 3 aromatic rings. The Hall–Kier alpha value is -3.62. The van der Waals surface area contributed by atoms with Crippen LogP contribution < -0.4 is 4.74 Å². The van der Waals surface area contributed by atoms with Crippen molar-refractivity contribution in [2.24, 2.45) is 4.99 Å². The molecule has 0 radical (unpaired) electrons. The molecule has 0 bridgehead atoms. The second kappa shape index (κ2) is 14.5. The standard InChI is InChI=1S/C38H45Cl2N5O4S/c1-7-49-33-25-29(36(2,3)26-41)13-18-32(33)34-42-37(4,27-9-14-30(39)15-10-27)38(5,28-11-16-31(40)17-12-28)45(34)35(46)44-22-20-43(21-23-44)19-8-24-50(6,47)48/h9-18,25H,7-8,19-24H2,1-6H3/t37-,38+/m0/s1. The highest BCUT2D eigenvalue weighted by Gasteiger charge is 2.60. The number of aliphatic imine (C=N–C) groups is 1. The van der Waals surface area contributed by atoms with E-state index in [0.29, 0.717) is 72.9 Å². The first-order valence-corrected chi connectivity index (χ1v) is 19.7. The van der Waals surface area contributed by atoms with Crippen LogP contribution in [0.1, 0.15) is 63.3 Å². The van der Waals surface area contributed by atoms with Gasteiger partial charge in [0.05, 0.1) is 29.4 Å². The maximum Gasteiger partial charge on any atom is 0.326 e. The Morgan fingerprint density at radius 2 is 1.54 bits per heavy atom. The van der Waals surface area contributed by atoms with Gasteiger partial charge in [0.15, 0.2) is 0 Å². The summed E-state index contributed by atoms with van der Waals surface area (Å²) < 4.78 is 29.6. The molecule has 3 aromatic carbocycles. The molecule has 5 rings (SSSR count). The zero-order valence-electron chi connectivity index (χ0n) is 29.5. The lowest BCUT2D eigenvalue weighted by Gasteiger charge is -2.47. The van der Waals surface area contributed by atoms with Gasteiger partial charge in [0.1, 0.15) is 32.5 Å². The van der Waals surface area contributed by atoms with Gasteiger partial charge in [-0.05, 0) is 101 Å². The molecule has 0 saturated carbocycles. The Morgan fingerprint density at radius 3 is 2.08 bits per heavy atom. The third-order valence-electron chi connectivity index (χ3n) is 10.1. The monoisotopic (exact) mass is 737 g/mol. The number of benzene rings is 3. The van der Waals surface area contributed by atoms with E-state index in [4.69, 9.17) is 32.9 Å². The third-order valence-corrected chi connectivity index (χ3v) is 11.6. The number of sulfone groups is 1. The first-order chi connectivity index (χ1) is 23.5. The molecule has 266 valence electrons. The zero-order valence-corrected chi connectivity index (χ0v) is 31.9. The van der Waals surface area contributed by atoms with E-state index < -0.39 is 26.3 Å².